The highest BCUT2D eigenvalue weighted by atomic mass is 16.7. The smallest absolute Gasteiger partial charge is 0.312 e. The van der Waals surface area contributed by atoms with Gasteiger partial charge < -0.3 is 18.9 Å². The summed E-state index contributed by atoms with van der Waals surface area (Å²) < 4.78 is 22.7. The number of hydrogen-bond acceptors (Lipinski definition) is 6. The first kappa shape index (κ1) is 12.4. The van der Waals surface area contributed by atoms with E-state index < -0.39 is 0 Å². The van der Waals surface area contributed by atoms with Gasteiger partial charge in [-0.2, -0.15) is 0 Å². The van der Waals surface area contributed by atoms with Gasteiger partial charge in [0.25, 0.3) is 0 Å². The Morgan fingerprint density at radius 3 is 2.67 bits per heavy atom. The molecule has 4 heterocycles. The third-order valence-electron chi connectivity index (χ3n) is 5.94. The molecule has 21 heavy (non-hydrogen) atoms. The summed E-state index contributed by atoms with van der Waals surface area (Å²) in [5, 5.41) is 0. The largest absolute Gasteiger partial charge is 0.462 e. The fraction of sp³-hybridized carbons (Fsp3) is 0.867. The number of carbonyl (C=O) groups excluding carboxylic acids is 2. The fourth-order valence-corrected chi connectivity index (χ4v) is 4.63. The Balaban J connectivity index is 1.53. The molecule has 6 nitrogen and oxygen atoms in total. The molecule has 0 aromatic heterocycles. The minimum atomic E-state index is -0.299. The van der Waals surface area contributed by atoms with Gasteiger partial charge in [-0.3, -0.25) is 9.59 Å². The van der Waals surface area contributed by atoms with Crippen molar-refractivity contribution in [2.45, 2.75) is 62.8 Å². The molecule has 0 radical (unpaired) electrons. The third kappa shape index (κ3) is 1.55. The van der Waals surface area contributed by atoms with E-state index in [2.05, 4.69) is 0 Å². The Labute approximate surface area is 122 Å². The predicted octanol–water partition coefficient (Wildman–Crippen LogP) is 0.424. The molecule has 1 saturated carbocycles. The summed E-state index contributed by atoms with van der Waals surface area (Å²) in [6.45, 7) is 3.90. The van der Waals surface area contributed by atoms with Crippen LogP contribution in [0.25, 0.3) is 0 Å². The van der Waals surface area contributed by atoms with Crippen LogP contribution in [0, 0.1) is 17.8 Å². The van der Waals surface area contributed by atoms with Gasteiger partial charge in [-0.25, -0.2) is 0 Å². The molecule has 5 aliphatic rings. The van der Waals surface area contributed by atoms with Crippen LogP contribution >= 0.6 is 0 Å². The van der Waals surface area contributed by atoms with Crippen molar-refractivity contribution in [3.63, 3.8) is 0 Å². The maximum absolute atomic E-state index is 12.1. The van der Waals surface area contributed by atoms with Crippen molar-refractivity contribution in [2.24, 2.45) is 17.8 Å². The standard InChI is InChI=1S/C15H18O6/c1-5-9-7-3-6(14(17)18-7)10-11(20-10)12-15(2,21-12)4-8(9)19-13(5)16/h5-12H,3-4H2,1-2H3/t5-,6+,7-,8+,9+,10-,11+,12-,15-/m1/s1. The molecule has 114 valence electrons. The van der Waals surface area contributed by atoms with E-state index in [0.29, 0.717) is 12.8 Å². The summed E-state index contributed by atoms with van der Waals surface area (Å²) in [6, 6.07) is 0. The summed E-state index contributed by atoms with van der Waals surface area (Å²) in [6.07, 6.45) is 0.765. The first-order valence-electron chi connectivity index (χ1n) is 7.72. The number of rotatable bonds is 0. The van der Waals surface area contributed by atoms with Gasteiger partial charge in [0.1, 0.15) is 30.5 Å². The average molecular weight is 294 g/mol. The second-order valence-electron chi connectivity index (χ2n) is 7.28. The van der Waals surface area contributed by atoms with Crippen LogP contribution in [0.1, 0.15) is 26.7 Å². The zero-order valence-corrected chi connectivity index (χ0v) is 12.0. The maximum Gasteiger partial charge on any atom is 0.312 e. The first-order chi connectivity index (χ1) is 9.98. The van der Waals surface area contributed by atoms with Gasteiger partial charge in [0, 0.05) is 18.8 Å². The molecular formula is C15H18O6. The van der Waals surface area contributed by atoms with E-state index in [4.69, 9.17) is 18.9 Å². The molecule has 4 saturated heterocycles. The summed E-state index contributed by atoms with van der Waals surface area (Å²) >= 11 is 0. The van der Waals surface area contributed by atoms with Crippen molar-refractivity contribution < 1.29 is 28.5 Å². The van der Waals surface area contributed by atoms with Crippen LogP contribution in [0.15, 0.2) is 0 Å². The van der Waals surface area contributed by atoms with E-state index in [9.17, 15) is 9.59 Å². The minimum absolute atomic E-state index is 0.00243. The Morgan fingerprint density at radius 1 is 1.10 bits per heavy atom. The van der Waals surface area contributed by atoms with Crippen LogP contribution in [0.4, 0.5) is 0 Å². The van der Waals surface area contributed by atoms with E-state index in [1.807, 2.05) is 13.8 Å². The van der Waals surface area contributed by atoms with Crippen LogP contribution in [-0.2, 0) is 28.5 Å². The van der Waals surface area contributed by atoms with Crippen molar-refractivity contribution in [1.29, 1.82) is 0 Å². The van der Waals surface area contributed by atoms with Crippen LogP contribution in [0.3, 0.4) is 0 Å². The highest BCUT2D eigenvalue weighted by Crippen LogP contribution is 2.56. The molecule has 9 atom stereocenters. The van der Waals surface area contributed by atoms with Gasteiger partial charge in [0.2, 0.25) is 0 Å². The van der Waals surface area contributed by atoms with Crippen molar-refractivity contribution >= 4 is 11.9 Å². The molecule has 5 fully saturated rings. The number of ether oxygens (including phenoxy) is 4. The van der Waals surface area contributed by atoms with Crippen molar-refractivity contribution in [3.05, 3.63) is 0 Å². The van der Waals surface area contributed by atoms with Gasteiger partial charge in [-0.05, 0) is 6.92 Å². The summed E-state index contributed by atoms with van der Waals surface area (Å²) in [4.78, 5) is 24.1. The lowest BCUT2D eigenvalue weighted by molar-refractivity contribution is -0.147. The summed E-state index contributed by atoms with van der Waals surface area (Å²) in [7, 11) is 0. The van der Waals surface area contributed by atoms with E-state index in [-0.39, 0.29) is 65.8 Å². The predicted molar refractivity (Wildman–Crippen MR) is 67.1 cm³/mol. The molecule has 1 aliphatic carbocycles. The molecule has 0 aromatic rings. The maximum atomic E-state index is 12.1. The molecule has 4 aliphatic heterocycles. The number of epoxide rings is 2. The van der Waals surface area contributed by atoms with Crippen molar-refractivity contribution in [3.8, 4) is 0 Å². The molecule has 6 heteroatoms. The first-order valence-corrected chi connectivity index (χ1v) is 7.72. The number of carbonyl (C=O) groups is 2. The molecule has 0 N–H and O–H groups in total. The second-order valence-corrected chi connectivity index (χ2v) is 7.28. The normalized spacial score (nSPS) is 60.3. The Kier molecular flexibility index (Phi) is 2.13. The monoisotopic (exact) mass is 294 g/mol. The third-order valence-corrected chi connectivity index (χ3v) is 5.94. The van der Waals surface area contributed by atoms with Gasteiger partial charge in [0.05, 0.1) is 17.4 Å². The van der Waals surface area contributed by atoms with Crippen LogP contribution in [0.5, 0.6) is 0 Å². The van der Waals surface area contributed by atoms with Crippen molar-refractivity contribution in [1.82, 2.24) is 0 Å². The van der Waals surface area contributed by atoms with Crippen LogP contribution in [0.2, 0.25) is 0 Å². The number of esters is 2. The van der Waals surface area contributed by atoms with Gasteiger partial charge in [-0.1, -0.05) is 6.92 Å². The Bertz CT molecular complexity index is 546. The second kappa shape index (κ2) is 3.60. The minimum Gasteiger partial charge on any atom is -0.462 e. The highest BCUT2D eigenvalue weighted by molar-refractivity contribution is 5.78. The lowest BCUT2D eigenvalue weighted by Gasteiger charge is -2.25. The Hall–Kier alpha value is -1.14. The van der Waals surface area contributed by atoms with E-state index in [1.165, 1.54) is 0 Å². The molecule has 0 unspecified atom stereocenters. The molecule has 0 aromatic carbocycles. The number of hydrogen-bond donors (Lipinski definition) is 0. The summed E-state index contributed by atoms with van der Waals surface area (Å²) in [5.74, 6) is -0.894. The Morgan fingerprint density at radius 2 is 1.86 bits per heavy atom. The zero-order chi connectivity index (χ0) is 14.5. The molecule has 0 spiro atoms. The van der Waals surface area contributed by atoms with Crippen LogP contribution < -0.4 is 0 Å². The number of fused-ring (bicyclic) bond motifs is 8. The van der Waals surface area contributed by atoms with Gasteiger partial charge >= 0.3 is 11.9 Å². The lowest BCUT2D eigenvalue weighted by Crippen LogP contribution is -2.36. The quantitative estimate of drug-likeness (QED) is 0.476. The topological polar surface area (TPSA) is 77.7 Å². The molecular weight excluding hydrogens is 276 g/mol. The van der Waals surface area contributed by atoms with E-state index >= 15 is 0 Å². The van der Waals surface area contributed by atoms with Gasteiger partial charge in [-0.15, -0.1) is 0 Å². The molecule has 0 amide bonds. The van der Waals surface area contributed by atoms with Gasteiger partial charge in [0.15, 0.2) is 0 Å². The van der Waals surface area contributed by atoms with Crippen LogP contribution in [-0.4, -0.2) is 48.1 Å². The summed E-state index contributed by atoms with van der Waals surface area (Å²) in [5.41, 5.74) is -0.299. The van der Waals surface area contributed by atoms with E-state index in [1.54, 1.807) is 0 Å². The van der Waals surface area contributed by atoms with Crippen molar-refractivity contribution in [2.75, 3.05) is 0 Å². The zero-order valence-electron chi connectivity index (χ0n) is 12.0. The average Bonchev–Trinajstić information content (AvgIpc) is 3.25. The molecule has 2 bridgehead atoms. The lowest BCUT2D eigenvalue weighted by atomic mass is 9.78. The SMILES string of the molecule is C[C@H]1C(=O)O[C@H]2C[C@@]3(C)O[C@@H]3[C@H]3O[C@@H]3[C@@H]3C[C@@H](OC3=O)[C@@H]21. The highest BCUT2D eigenvalue weighted by Gasteiger charge is 2.70. The molecule has 5 rings (SSSR count). The fourth-order valence-electron chi connectivity index (χ4n) is 4.63. The van der Waals surface area contributed by atoms with E-state index in [0.717, 1.165) is 0 Å².